The minimum Gasteiger partial charge on any atom is -0.301 e. The molecule has 0 spiro atoms. The van der Waals surface area contributed by atoms with Crippen molar-refractivity contribution in [3.8, 4) is 0 Å². The van der Waals surface area contributed by atoms with Gasteiger partial charge in [-0.15, -0.1) is 0 Å². The summed E-state index contributed by atoms with van der Waals surface area (Å²) >= 11 is 18.7. The minimum absolute atomic E-state index is 0.0997. The van der Waals surface area contributed by atoms with E-state index in [0.717, 1.165) is 11.8 Å². The van der Waals surface area contributed by atoms with Gasteiger partial charge in [-0.2, -0.15) is 13.2 Å². The fraction of sp³-hybridized carbons (Fsp3) is 0.167. The Labute approximate surface area is 141 Å². The van der Waals surface area contributed by atoms with Gasteiger partial charge >= 0.3 is 6.18 Å². The second-order valence-electron chi connectivity index (χ2n) is 4.04. The van der Waals surface area contributed by atoms with Crippen molar-refractivity contribution in [2.45, 2.75) is 17.1 Å². The lowest BCUT2D eigenvalue weighted by Gasteiger charge is -2.09. The van der Waals surface area contributed by atoms with Gasteiger partial charge in [-0.25, -0.2) is 4.98 Å². The molecule has 3 nitrogen and oxygen atoms in total. The number of alkyl halides is 3. The quantitative estimate of drug-likeness (QED) is 0.454. The number of thioether (sulfide) groups is 1. The number of aromatic amines is 1. The third-order valence-corrected chi connectivity index (χ3v) is 4.60. The van der Waals surface area contributed by atoms with Crippen molar-refractivity contribution in [2.75, 3.05) is 0 Å². The van der Waals surface area contributed by atoms with Crippen LogP contribution in [0.1, 0.15) is 11.3 Å². The molecule has 0 amide bonds. The van der Waals surface area contributed by atoms with Crippen LogP contribution < -0.4 is 5.56 Å². The zero-order valence-electron chi connectivity index (χ0n) is 10.5. The maximum atomic E-state index is 12.6. The van der Waals surface area contributed by atoms with Gasteiger partial charge in [0.2, 0.25) is 0 Å². The van der Waals surface area contributed by atoms with Crippen LogP contribution in [0.5, 0.6) is 0 Å². The zero-order valence-corrected chi connectivity index (χ0v) is 13.6. The summed E-state index contributed by atoms with van der Waals surface area (Å²) in [5.41, 5.74) is -1.71. The van der Waals surface area contributed by atoms with E-state index in [1.54, 1.807) is 0 Å². The molecule has 1 N–H and O–H groups in total. The first kappa shape index (κ1) is 17.5. The predicted molar refractivity (Wildman–Crippen MR) is 80.9 cm³/mol. The minimum atomic E-state index is -4.70. The predicted octanol–water partition coefficient (Wildman–Crippen LogP) is 5.04. The highest BCUT2D eigenvalue weighted by Gasteiger charge is 2.33. The van der Waals surface area contributed by atoms with Gasteiger partial charge in [-0.3, -0.25) is 4.79 Å². The average molecular weight is 390 g/mol. The maximum absolute atomic E-state index is 12.6. The number of nitrogens with one attached hydrogen (secondary N) is 1. The molecule has 10 heteroatoms. The molecule has 0 aliphatic rings. The second kappa shape index (κ2) is 6.70. The first-order valence-corrected chi connectivity index (χ1v) is 7.74. The Morgan fingerprint density at radius 3 is 2.45 bits per heavy atom. The van der Waals surface area contributed by atoms with E-state index in [2.05, 4.69) is 9.97 Å². The van der Waals surface area contributed by atoms with Crippen LogP contribution in [-0.4, -0.2) is 9.97 Å². The molecule has 1 aromatic carbocycles. The zero-order chi connectivity index (χ0) is 16.5. The maximum Gasteiger partial charge on any atom is 0.433 e. The monoisotopic (exact) mass is 388 g/mol. The van der Waals surface area contributed by atoms with E-state index in [0.29, 0.717) is 16.7 Å². The van der Waals surface area contributed by atoms with Crippen LogP contribution in [0.15, 0.2) is 28.2 Å². The van der Waals surface area contributed by atoms with Crippen molar-refractivity contribution in [3.63, 3.8) is 0 Å². The molecule has 0 saturated carbocycles. The molecule has 118 valence electrons. The van der Waals surface area contributed by atoms with Gasteiger partial charge in [-0.1, -0.05) is 46.6 Å². The van der Waals surface area contributed by atoms with Crippen LogP contribution in [-0.2, 0) is 11.9 Å². The van der Waals surface area contributed by atoms with Crippen LogP contribution in [0.2, 0.25) is 15.1 Å². The first-order valence-electron chi connectivity index (χ1n) is 5.62. The SMILES string of the molecule is O=c1cc(C(F)(F)F)nc(SCc2c(Cl)ccc(Cl)c2Cl)[nH]1. The van der Waals surface area contributed by atoms with Gasteiger partial charge in [-0.05, 0) is 12.1 Å². The third-order valence-electron chi connectivity index (χ3n) is 2.50. The Kier molecular flexibility index (Phi) is 5.32. The second-order valence-corrected chi connectivity index (χ2v) is 6.20. The molecule has 0 bridgehead atoms. The third kappa shape index (κ3) is 4.10. The van der Waals surface area contributed by atoms with E-state index in [1.807, 2.05) is 0 Å². The number of benzene rings is 1. The summed E-state index contributed by atoms with van der Waals surface area (Å²) in [5, 5.41) is 0.603. The molecule has 0 unspecified atom stereocenters. The molecule has 1 heterocycles. The molecule has 0 saturated heterocycles. The number of nitrogens with zero attached hydrogens (tertiary/aromatic N) is 1. The van der Waals surface area contributed by atoms with Crippen LogP contribution in [0.3, 0.4) is 0 Å². The Balaban J connectivity index is 2.28. The molecule has 0 radical (unpaired) electrons. The van der Waals surface area contributed by atoms with Crippen LogP contribution >= 0.6 is 46.6 Å². The Morgan fingerprint density at radius 1 is 1.18 bits per heavy atom. The highest BCUT2D eigenvalue weighted by atomic mass is 35.5. The summed E-state index contributed by atoms with van der Waals surface area (Å²) in [7, 11) is 0. The van der Waals surface area contributed by atoms with Crippen molar-refractivity contribution in [1.82, 2.24) is 9.97 Å². The smallest absolute Gasteiger partial charge is 0.301 e. The molecule has 0 fully saturated rings. The summed E-state index contributed by atoms with van der Waals surface area (Å²) in [4.78, 5) is 16.9. The standard InChI is InChI=1S/C12H6Cl3F3N2OS/c13-6-1-2-7(14)10(15)5(6)4-22-11-19-8(12(16,17)18)3-9(21)20-11/h1-3H,4H2,(H,19,20,21). The summed E-state index contributed by atoms with van der Waals surface area (Å²) in [6.45, 7) is 0. The van der Waals surface area contributed by atoms with Crippen molar-refractivity contribution >= 4 is 46.6 Å². The first-order chi connectivity index (χ1) is 10.2. The highest BCUT2D eigenvalue weighted by molar-refractivity contribution is 7.98. The van der Waals surface area contributed by atoms with Gasteiger partial charge in [0.15, 0.2) is 10.9 Å². The lowest BCUT2D eigenvalue weighted by molar-refractivity contribution is -0.141. The average Bonchev–Trinajstić information content (AvgIpc) is 2.41. The number of hydrogen-bond acceptors (Lipinski definition) is 3. The lowest BCUT2D eigenvalue weighted by atomic mass is 10.2. The molecule has 2 rings (SSSR count). The summed E-state index contributed by atoms with van der Waals surface area (Å²) in [5.74, 6) is 0.0997. The van der Waals surface area contributed by atoms with E-state index in [4.69, 9.17) is 34.8 Å². The number of aromatic nitrogens is 2. The van der Waals surface area contributed by atoms with Crippen molar-refractivity contribution in [1.29, 1.82) is 0 Å². The molecular weight excluding hydrogens is 384 g/mol. The highest BCUT2D eigenvalue weighted by Crippen LogP contribution is 2.35. The molecular formula is C12H6Cl3F3N2OS. The number of hydrogen-bond donors (Lipinski definition) is 1. The number of H-pyrrole nitrogens is 1. The Hall–Kier alpha value is -0.890. The van der Waals surface area contributed by atoms with Crippen molar-refractivity contribution in [2.24, 2.45) is 0 Å². The van der Waals surface area contributed by atoms with E-state index in [1.165, 1.54) is 12.1 Å². The van der Waals surface area contributed by atoms with Crippen LogP contribution in [0.4, 0.5) is 13.2 Å². The number of halogens is 6. The Bertz CT molecular complexity index is 764. The van der Waals surface area contributed by atoms with Gasteiger partial charge in [0.25, 0.3) is 5.56 Å². The molecule has 0 atom stereocenters. The van der Waals surface area contributed by atoms with Crippen molar-refractivity contribution < 1.29 is 13.2 Å². The van der Waals surface area contributed by atoms with Gasteiger partial charge in [0, 0.05) is 22.4 Å². The number of rotatable bonds is 3. The molecule has 0 aliphatic heterocycles. The van der Waals surface area contributed by atoms with E-state index >= 15 is 0 Å². The van der Waals surface area contributed by atoms with E-state index in [-0.39, 0.29) is 21.0 Å². The Morgan fingerprint density at radius 2 is 1.82 bits per heavy atom. The normalized spacial score (nSPS) is 11.7. The lowest BCUT2D eigenvalue weighted by Crippen LogP contribution is -2.16. The largest absolute Gasteiger partial charge is 0.433 e. The van der Waals surface area contributed by atoms with Gasteiger partial charge in [0.1, 0.15) is 0 Å². The van der Waals surface area contributed by atoms with Crippen molar-refractivity contribution in [3.05, 3.63) is 54.9 Å². The van der Waals surface area contributed by atoms with E-state index < -0.39 is 17.4 Å². The van der Waals surface area contributed by atoms with E-state index in [9.17, 15) is 18.0 Å². The summed E-state index contributed by atoms with van der Waals surface area (Å²) in [6, 6.07) is 3.42. The summed E-state index contributed by atoms with van der Waals surface area (Å²) < 4.78 is 37.8. The molecule has 0 aliphatic carbocycles. The fourth-order valence-corrected chi connectivity index (χ4v) is 3.25. The molecule has 1 aromatic heterocycles. The van der Waals surface area contributed by atoms with Crippen LogP contribution in [0.25, 0.3) is 0 Å². The topological polar surface area (TPSA) is 45.8 Å². The van der Waals surface area contributed by atoms with Gasteiger partial charge < -0.3 is 4.98 Å². The molecule has 22 heavy (non-hydrogen) atoms. The summed E-state index contributed by atoms with van der Waals surface area (Å²) in [6.07, 6.45) is -4.70. The van der Waals surface area contributed by atoms with Crippen LogP contribution in [0, 0.1) is 0 Å². The fourth-order valence-electron chi connectivity index (χ4n) is 1.49. The van der Waals surface area contributed by atoms with Gasteiger partial charge in [0.05, 0.1) is 10.0 Å². The molecule has 2 aromatic rings.